The van der Waals surface area contributed by atoms with Gasteiger partial charge in [0.15, 0.2) is 0 Å². The quantitative estimate of drug-likeness (QED) is 0.639. The van der Waals surface area contributed by atoms with E-state index < -0.39 is 17.0 Å². The lowest BCUT2D eigenvalue weighted by atomic mass is 9.85. The van der Waals surface area contributed by atoms with Gasteiger partial charge in [-0.3, -0.25) is 0 Å². The second kappa shape index (κ2) is 3.52. The molecule has 76 valence electrons. The highest BCUT2D eigenvalue weighted by molar-refractivity contribution is 5.49. The summed E-state index contributed by atoms with van der Waals surface area (Å²) in [6.07, 6.45) is 1.43. The average Bonchev–Trinajstić information content (AvgIpc) is 1.99. The van der Waals surface area contributed by atoms with Crippen molar-refractivity contribution >= 4 is 6.08 Å². The van der Waals surface area contributed by atoms with Crippen molar-refractivity contribution in [3.63, 3.8) is 0 Å². The molecule has 0 atom stereocenters. The molecule has 0 aliphatic rings. The zero-order valence-corrected chi connectivity index (χ0v) is 8.70. The van der Waals surface area contributed by atoms with Crippen molar-refractivity contribution in [1.29, 1.82) is 0 Å². The molecule has 14 heavy (non-hydrogen) atoms. The molecule has 0 heterocycles. The standard InChI is InChI=1S/C12H14F2/c1-5-8-6-9(13)11(10(14)7-8)12(2,3)4/h5-7H,1H2,2-4H3. The summed E-state index contributed by atoms with van der Waals surface area (Å²) in [6.45, 7) is 8.81. The Balaban J connectivity index is 3.40. The van der Waals surface area contributed by atoms with E-state index in [4.69, 9.17) is 0 Å². The Bertz CT molecular complexity index is 336. The largest absolute Gasteiger partial charge is 0.207 e. The Kier molecular flexibility index (Phi) is 2.74. The van der Waals surface area contributed by atoms with Crippen LogP contribution in [0.5, 0.6) is 0 Å². The Morgan fingerprint density at radius 1 is 1.14 bits per heavy atom. The maximum atomic E-state index is 13.5. The molecule has 0 saturated heterocycles. The first-order chi connectivity index (χ1) is 6.36. The minimum Gasteiger partial charge on any atom is -0.207 e. The number of hydrogen-bond donors (Lipinski definition) is 0. The van der Waals surface area contributed by atoms with Gasteiger partial charge in [0.25, 0.3) is 0 Å². The van der Waals surface area contributed by atoms with Gasteiger partial charge >= 0.3 is 0 Å². The van der Waals surface area contributed by atoms with Crippen molar-refractivity contribution in [2.75, 3.05) is 0 Å². The van der Waals surface area contributed by atoms with Gasteiger partial charge in [0.1, 0.15) is 11.6 Å². The normalized spacial score (nSPS) is 11.5. The van der Waals surface area contributed by atoms with E-state index in [0.717, 1.165) is 0 Å². The summed E-state index contributed by atoms with van der Waals surface area (Å²) in [7, 11) is 0. The molecule has 0 aromatic heterocycles. The van der Waals surface area contributed by atoms with Crippen molar-refractivity contribution in [2.45, 2.75) is 26.2 Å². The van der Waals surface area contributed by atoms with Gasteiger partial charge in [0.2, 0.25) is 0 Å². The number of halogens is 2. The lowest BCUT2D eigenvalue weighted by molar-refractivity contribution is 0.475. The number of benzene rings is 1. The van der Waals surface area contributed by atoms with Crippen LogP contribution in [0.2, 0.25) is 0 Å². The minimum atomic E-state index is -0.520. The maximum Gasteiger partial charge on any atom is 0.130 e. The summed E-state index contributed by atoms with van der Waals surface area (Å²) in [4.78, 5) is 0. The third kappa shape index (κ3) is 2.00. The summed E-state index contributed by atoms with van der Waals surface area (Å²) in [5.74, 6) is -1.01. The van der Waals surface area contributed by atoms with Crippen LogP contribution < -0.4 is 0 Å². The predicted molar refractivity (Wildman–Crippen MR) is 55.1 cm³/mol. The molecule has 0 unspecified atom stereocenters. The van der Waals surface area contributed by atoms with Gasteiger partial charge in [-0.15, -0.1) is 0 Å². The van der Waals surface area contributed by atoms with E-state index in [2.05, 4.69) is 6.58 Å². The van der Waals surface area contributed by atoms with Crippen molar-refractivity contribution in [1.82, 2.24) is 0 Å². The molecule has 1 rings (SSSR count). The third-order valence-electron chi connectivity index (χ3n) is 2.05. The number of hydrogen-bond acceptors (Lipinski definition) is 0. The molecule has 0 aliphatic heterocycles. The molecule has 0 amide bonds. The molecule has 1 aromatic carbocycles. The van der Waals surface area contributed by atoms with Crippen LogP contribution in [0.1, 0.15) is 31.9 Å². The molecule has 0 saturated carbocycles. The van der Waals surface area contributed by atoms with Gasteiger partial charge in [-0.2, -0.15) is 0 Å². The van der Waals surface area contributed by atoms with Gasteiger partial charge in [-0.05, 0) is 23.1 Å². The summed E-state index contributed by atoms with van der Waals surface area (Å²) in [5.41, 5.74) is 0.0736. The van der Waals surface area contributed by atoms with E-state index in [1.54, 1.807) is 20.8 Å². The molecule has 0 fully saturated rings. The second-order valence-corrected chi connectivity index (χ2v) is 4.31. The van der Waals surface area contributed by atoms with Crippen LogP contribution in [0.4, 0.5) is 8.78 Å². The van der Waals surface area contributed by atoms with Crippen molar-refractivity contribution in [3.8, 4) is 0 Å². The van der Waals surface area contributed by atoms with Crippen molar-refractivity contribution < 1.29 is 8.78 Å². The topological polar surface area (TPSA) is 0 Å². The molecule has 0 radical (unpaired) electrons. The molecule has 0 aliphatic carbocycles. The van der Waals surface area contributed by atoms with Crippen molar-refractivity contribution in [2.24, 2.45) is 0 Å². The fraction of sp³-hybridized carbons (Fsp3) is 0.333. The third-order valence-corrected chi connectivity index (χ3v) is 2.05. The van der Waals surface area contributed by atoms with Crippen LogP contribution >= 0.6 is 0 Å². The van der Waals surface area contributed by atoms with Gasteiger partial charge in [-0.25, -0.2) is 8.78 Å². The fourth-order valence-electron chi connectivity index (χ4n) is 1.43. The molecule has 0 N–H and O–H groups in total. The summed E-state index contributed by atoms with van der Waals surface area (Å²) >= 11 is 0. The summed E-state index contributed by atoms with van der Waals surface area (Å²) in [5, 5.41) is 0. The van der Waals surface area contributed by atoms with Crippen LogP contribution in [0.15, 0.2) is 18.7 Å². The van der Waals surface area contributed by atoms with E-state index in [1.165, 1.54) is 18.2 Å². The molecule has 0 spiro atoms. The zero-order valence-electron chi connectivity index (χ0n) is 8.70. The van der Waals surface area contributed by atoms with Gasteiger partial charge in [-0.1, -0.05) is 33.4 Å². The Morgan fingerprint density at radius 2 is 1.57 bits per heavy atom. The SMILES string of the molecule is C=Cc1cc(F)c(C(C)(C)C)c(F)c1. The molecular formula is C12H14F2. The first-order valence-electron chi connectivity index (χ1n) is 4.48. The van der Waals surface area contributed by atoms with Crippen molar-refractivity contribution in [3.05, 3.63) is 41.5 Å². The zero-order chi connectivity index (χ0) is 10.9. The summed E-state index contributed by atoms with van der Waals surface area (Å²) in [6, 6.07) is 2.60. The van der Waals surface area contributed by atoms with Gasteiger partial charge < -0.3 is 0 Å². The highest BCUT2D eigenvalue weighted by Gasteiger charge is 2.23. The number of rotatable bonds is 1. The lowest BCUT2D eigenvalue weighted by Crippen LogP contribution is -2.16. The van der Waals surface area contributed by atoms with E-state index in [0.29, 0.717) is 5.56 Å². The van der Waals surface area contributed by atoms with Crippen LogP contribution in [0.3, 0.4) is 0 Å². The molecule has 0 nitrogen and oxygen atoms in total. The van der Waals surface area contributed by atoms with Crippen LogP contribution in [0.25, 0.3) is 6.08 Å². The molecule has 2 heteroatoms. The molecular weight excluding hydrogens is 182 g/mol. The molecule has 1 aromatic rings. The second-order valence-electron chi connectivity index (χ2n) is 4.31. The fourth-order valence-corrected chi connectivity index (χ4v) is 1.43. The van der Waals surface area contributed by atoms with E-state index in [9.17, 15) is 8.78 Å². The van der Waals surface area contributed by atoms with E-state index >= 15 is 0 Å². The monoisotopic (exact) mass is 196 g/mol. The Morgan fingerprint density at radius 3 is 1.86 bits per heavy atom. The van der Waals surface area contributed by atoms with E-state index in [1.807, 2.05) is 0 Å². The highest BCUT2D eigenvalue weighted by atomic mass is 19.1. The first kappa shape index (κ1) is 10.9. The Labute approximate surface area is 83.3 Å². The maximum absolute atomic E-state index is 13.5. The van der Waals surface area contributed by atoms with E-state index in [-0.39, 0.29) is 5.56 Å². The van der Waals surface area contributed by atoms with Gasteiger partial charge in [0, 0.05) is 5.56 Å². The summed E-state index contributed by atoms with van der Waals surface area (Å²) < 4.78 is 27.0. The smallest absolute Gasteiger partial charge is 0.130 e. The minimum absolute atomic E-state index is 0.128. The highest BCUT2D eigenvalue weighted by Crippen LogP contribution is 2.28. The van der Waals surface area contributed by atoms with Crippen LogP contribution in [0, 0.1) is 11.6 Å². The first-order valence-corrected chi connectivity index (χ1v) is 4.48. The average molecular weight is 196 g/mol. The Hall–Kier alpha value is -1.18. The van der Waals surface area contributed by atoms with Gasteiger partial charge in [0.05, 0.1) is 0 Å². The molecule has 0 bridgehead atoms. The van der Waals surface area contributed by atoms with Crippen LogP contribution in [-0.4, -0.2) is 0 Å². The van der Waals surface area contributed by atoms with Crippen LogP contribution in [-0.2, 0) is 5.41 Å². The lowest BCUT2D eigenvalue weighted by Gasteiger charge is -2.20. The predicted octanol–water partition coefficient (Wildman–Crippen LogP) is 3.91.